The summed E-state index contributed by atoms with van der Waals surface area (Å²) in [7, 11) is 4.96. The molecule has 0 N–H and O–H groups in total. The molecule has 0 bridgehead atoms. The van der Waals surface area contributed by atoms with E-state index in [1.165, 1.54) is 15.8 Å². The SMILES string of the molecule is COc1ccc(CN2CCN(c3nc4c(C)ccc(C)c4s3)CC2)c(OC)c1OC. The van der Waals surface area contributed by atoms with Crippen LogP contribution in [0.2, 0.25) is 0 Å². The second-order valence-corrected chi connectivity index (χ2v) is 8.61. The Bertz CT molecular complexity index is 1000. The Morgan fingerprint density at radius 3 is 2.20 bits per heavy atom. The molecule has 2 heterocycles. The van der Waals surface area contributed by atoms with Crippen LogP contribution in [0.4, 0.5) is 5.13 Å². The van der Waals surface area contributed by atoms with Crippen molar-refractivity contribution < 1.29 is 14.2 Å². The van der Waals surface area contributed by atoms with Crippen molar-refractivity contribution in [2.24, 2.45) is 0 Å². The van der Waals surface area contributed by atoms with E-state index in [0.29, 0.717) is 11.5 Å². The maximum atomic E-state index is 5.65. The van der Waals surface area contributed by atoms with Crippen molar-refractivity contribution in [2.75, 3.05) is 52.4 Å². The Kier molecular flexibility index (Phi) is 6.01. The zero-order valence-corrected chi connectivity index (χ0v) is 19.1. The monoisotopic (exact) mass is 427 g/mol. The molecule has 4 rings (SSSR count). The number of anilines is 1. The van der Waals surface area contributed by atoms with Crippen LogP contribution in [0.5, 0.6) is 17.2 Å². The number of hydrogen-bond acceptors (Lipinski definition) is 7. The summed E-state index contributed by atoms with van der Waals surface area (Å²) in [6.45, 7) is 9.01. The Labute approximate surface area is 182 Å². The van der Waals surface area contributed by atoms with Crippen molar-refractivity contribution >= 4 is 26.7 Å². The van der Waals surface area contributed by atoms with Gasteiger partial charge in [0.2, 0.25) is 5.75 Å². The van der Waals surface area contributed by atoms with E-state index in [9.17, 15) is 0 Å². The van der Waals surface area contributed by atoms with Crippen LogP contribution in [0.25, 0.3) is 10.2 Å². The largest absolute Gasteiger partial charge is 0.493 e. The van der Waals surface area contributed by atoms with Crippen molar-refractivity contribution in [3.63, 3.8) is 0 Å². The van der Waals surface area contributed by atoms with Gasteiger partial charge in [0.25, 0.3) is 0 Å². The topological polar surface area (TPSA) is 47.1 Å². The fraction of sp³-hybridized carbons (Fsp3) is 0.435. The molecule has 3 aromatic rings. The minimum Gasteiger partial charge on any atom is -0.493 e. The summed E-state index contributed by atoms with van der Waals surface area (Å²) in [4.78, 5) is 9.81. The molecule has 0 aliphatic carbocycles. The molecule has 1 aliphatic rings. The second kappa shape index (κ2) is 8.70. The van der Waals surface area contributed by atoms with Gasteiger partial charge in [-0.25, -0.2) is 4.98 Å². The fourth-order valence-corrected chi connectivity index (χ4v) is 5.17. The third-order valence-corrected chi connectivity index (χ3v) is 7.00. The summed E-state index contributed by atoms with van der Waals surface area (Å²) in [5.41, 5.74) is 4.80. The average Bonchev–Trinajstić information content (AvgIpc) is 3.23. The lowest BCUT2D eigenvalue weighted by Gasteiger charge is -2.34. The molecule has 0 unspecified atom stereocenters. The Morgan fingerprint density at radius 2 is 1.57 bits per heavy atom. The number of methoxy groups -OCH3 is 3. The normalized spacial score (nSPS) is 14.9. The van der Waals surface area contributed by atoms with Crippen LogP contribution in [0.3, 0.4) is 0 Å². The third kappa shape index (κ3) is 3.79. The molecule has 0 radical (unpaired) electrons. The number of benzene rings is 2. The number of nitrogens with zero attached hydrogens (tertiary/aromatic N) is 3. The van der Waals surface area contributed by atoms with Crippen LogP contribution < -0.4 is 19.1 Å². The smallest absolute Gasteiger partial charge is 0.203 e. The highest BCUT2D eigenvalue weighted by Crippen LogP contribution is 2.40. The van der Waals surface area contributed by atoms with Gasteiger partial charge in [-0.2, -0.15) is 0 Å². The van der Waals surface area contributed by atoms with E-state index in [0.717, 1.165) is 54.7 Å². The Morgan fingerprint density at radius 1 is 0.867 bits per heavy atom. The van der Waals surface area contributed by atoms with E-state index in [2.05, 4.69) is 41.8 Å². The molecular weight excluding hydrogens is 398 g/mol. The molecule has 0 amide bonds. The molecule has 7 heteroatoms. The summed E-state index contributed by atoms with van der Waals surface area (Å²) >= 11 is 1.81. The first-order valence-electron chi connectivity index (χ1n) is 10.2. The number of aryl methyl sites for hydroxylation is 2. The van der Waals surface area contributed by atoms with Crippen molar-refractivity contribution in [1.82, 2.24) is 9.88 Å². The van der Waals surface area contributed by atoms with Crippen molar-refractivity contribution in [3.05, 3.63) is 41.0 Å². The van der Waals surface area contributed by atoms with Gasteiger partial charge in [-0.05, 0) is 31.0 Å². The summed E-state index contributed by atoms with van der Waals surface area (Å²) in [6, 6.07) is 8.36. The standard InChI is InChI=1S/C23H29N3O3S/c1-15-6-7-16(2)22-19(15)24-23(30-22)26-12-10-25(11-13-26)14-17-8-9-18(27-3)21(29-5)20(17)28-4/h6-9H,10-14H2,1-5H3. The van der Waals surface area contributed by atoms with E-state index < -0.39 is 0 Å². The van der Waals surface area contributed by atoms with Gasteiger partial charge < -0.3 is 19.1 Å². The van der Waals surface area contributed by atoms with Crippen LogP contribution in [-0.2, 0) is 6.54 Å². The zero-order chi connectivity index (χ0) is 21.3. The third-order valence-electron chi connectivity index (χ3n) is 5.75. The highest BCUT2D eigenvalue weighted by molar-refractivity contribution is 7.22. The number of aromatic nitrogens is 1. The molecule has 2 aromatic carbocycles. The van der Waals surface area contributed by atoms with Gasteiger partial charge in [0.15, 0.2) is 16.6 Å². The molecule has 1 saturated heterocycles. The fourth-order valence-electron chi connectivity index (χ4n) is 4.01. The number of rotatable bonds is 6. The van der Waals surface area contributed by atoms with Gasteiger partial charge in [-0.3, -0.25) is 4.90 Å². The number of ether oxygens (including phenoxy) is 3. The van der Waals surface area contributed by atoms with E-state index in [1.54, 1.807) is 21.3 Å². The van der Waals surface area contributed by atoms with Crippen LogP contribution in [0.15, 0.2) is 24.3 Å². The Balaban J connectivity index is 1.47. The predicted octanol–water partition coefficient (Wildman–Crippen LogP) is 4.26. The minimum absolute atomic E-state index is 0.649. The van der Waals surface area contributed by atoms with Gasteiger partial charge >= 0.3 is 0 Å². The molecule has 6 nitrogen and oxygen atoms in total. The summed E-state index contributed by atoms with van der Waals surface area (Å²) < 4.78 is 17.9. The second-order valence-electron chi connectivity index (χ2n) is 7.63. The molecular formula is C23H29N3O3S. The molecule has 0 atom stereocenters. The van der Waals surface area contributed by atoms with E-state index in [1.807, 2.05) is 17.4 Å². The Hall–Kier alpha value is -2.51. The van der Waals surface area contributed by atoms with Crippen LogP contribution in [0, 0.1) is 13.8 Å². The summed E-state index contributed by atoms with van der Waals surface area (Å²) in [5.74, 6) is 2.08. The molecule has 0 saturated carbocycles. The zero-order valence-electron chi connectivity index (χ0n) is 18.3. The van der Waals surface area contributed by atoms with Crippen LogP contribution in [0.1, 0.15) is 16.7 Å². The summed E-state index contributed by atoms with van der Waals surface area (Å²) in [5, 5.41) is 1.13. The van der Waals surface area contributed by atoms with Crippen LogP contribution in [-0.4, -0.2) is 57.4 Å². The molecule has 1 fully saturated rings. The van der Waals surface area contributed by atoms with Crippen molar-refractivity contribution in [1.29, 1.82) is 0 Å². The van der Waals surface area contributed by atoms with Crippen molar-refractivity contribution in [2.45, 2.75) is 20.4 Å². The van der Waals surface area contributed by atoms with Crippen LogP contribution >= 0.6 is 11.3 Å². The average molecular weight is 428 g/mol. The number of fused-ring (bicyclic) bond motifs is 1. The van der Waals surface area contributed by atoms with Gasteiger partial charge in [-0.15, -0.1) is 0 Å². The number of thiazole rings is 1. The molecule has 1 aliphatic heterocycles. The first-order valence-corrected chi connectivity index (χ1v) is 11.0. The first kappa shape index (κ1) is 20.8. The minimum atomic E-state index is 0.649. The molecule has 160 valence electrons. The van der Waals surface area contributed by atoms with E-state index >= 15 is 0 Å². The lowest BCUT2D eigenvalue weighted by atomic mass is 10.1. The molecule has 1 aromatic heterocycles. The lowest BCUT2D eigenvalue weighted by Crippen LogP contribution is -2.46. The van der Waals surface area contributed by atoms with Gasteiger partial charge in [-0.1, -0.05) is 29.5 Å². The highest BCUT2D eigenvalue weighted by atomic mass is 32.1. The van der Waals surface area contributed by atoms with E-state index in [-0.39, 0.29) is 0 Å². The van der Waals surface area contributed by atoms with Crippen molar-refractivity contribution in [3.8, 4) is 17.2 Å². The van der Waals surface area contributed by atoms with Gasteiger partial charge in [0, 0.05) is 38.3 Å². The van der Waals surface area contributed by atoms with Gasteiger partial charge in [0.1, 0.15) is 0 Å². The first-order chi connectivity index (χ1) is 14.5. The molecule has 30 heavy (non-hydrogen) atoms. The van der Waals surface area contributed by atoms with Gasteiger partial charge in [0.05, 0.1) is 31.5 Å². The number of hydrogen-bond donors (Lipinski definition) is 0. The highest BCUT2D eigenvalue weighted by Gasteiger charge is 2.23. The number of piperazine rings is 1. The quantitative estimate of drug-likeness (QED) is 0.586. The van der Waals surface area contributed by atoms with E-state index in [4.69, 9.17) is 19.2 Å². The maximum Gasteiger partial charge on any atom is 0.203 e. The predicted molar refractivity (Wildman–Crippen MR) is 123 cm³/mol. The maximum absolute atomic E-state index is 5.65. The summed E-state index contributed by atoms with van der Waals surface area (Å²) in [6.07, 6.45) is 0. The lowest BCUT2D eigenvalue weighted by molar-refractivity contribution is 0.243. The molecule has 0 spiro atoms.